The molecule has 1 saturated heterocycles. The lowest BCUT2D eigenvalue weighted by molar-refractivity contribution is 0.626. The van der Waals surface area contributed by atoms with Crippen LogP contribution in [0.3, 0.4) is 0 Å². The van der Waals surface area contributed by atoms with Gasteiger partial charge in [-0.15, -0.1) is 0 Å². The molecule has 1 aliphatic heterocycles. The van der Waals surface area contributed by atoms with E-state index in [1.165, 1.54) is 12.1 Å². The van der Waals surface area contributed by atoms with Crippen molar-refractivity contribution >= 4 is 27.5 Å². The molecule has 15 heavy (non-hydrogen) atoms. The maximum atomic E-state index is 13.1. The van der Waals surface area contributed by atoms with Gasteiger partial charge in [-0.05, 0) is 47.0 Å². The second-order valence-corrected chi connectivity index (χ2v) is 4.51. The Morgan fingerprint density at radius 2 is 2.13 bits per heavy atom. The minimum Gasteiger partial charge on any atom is -0.329 e. The van der Waals surface area contributed by atoms with E-state index in [2.05, 4.69) is 15.9 Å². The van der Waals surface area contributed by atoms with Gasteiger partial charge in [0.2, 0.25) is 0 Å². The number of hydrogen-bond donors (Lipinski definition) is 1. The first-order chi connectivity index (χ1) is 7.18. The van der Waals surface area contributed by atoms with Gasteiger partial charge in [0.1, 0.15) is 11.7 Å². The number of halogens is 2. The molecule has 1 N–H and O–H groups in total. The summed E-state index contributed by atoms with van der Waals surface area (Å²) in [6.07, 6.45) is 2.90. The number of rotatable bonds is 1. The first-order valence-corrected chi connectivity index (χ1v) is 5.78. The average Bonchev–Trinajstić information content (AvgIpc) is 2.23. The number of benzene rings is 1. The van der Waals surface area contributed by atoms with Crippen molar-refractivity contribution in [2.75, 3.05) is 11.4 Å². The highest BCUT2D eigenvalue weighted by Gasteiger charge is 2.18. The number of piperidine rings is 1. The Balaban J connectivity index is 2.34. The van der Waals surface area contributed by atoms with Gasteiger partial charge in [0.15, 0.2) is 0 Å². The predicted molar refractivity (Wildman–Crippen MR) is 63.0 cm³/mol. The Bertz CT molecular complexity index is 392. The molecule has 1 fully saturated rings. The van der Waals surface area contributed by atoms with Gasteiger partial charge in [-0.2, -0.15) is 0 Å². The van der Waals surface area contributed by atoms with Gasteiger partial charge < -0.3 is 4.90 Å². The molecule has 0 bridgehead atoms. The number of nitrogens with one attached hydrogen (secondary N) is 1. The number of anilines is 1. The normalized spacial score (nSPS) is 16.9. The lowest BCUT2D eigenvalue weighted by Gasteiger charge is -2.30. The van der Waals surface area contributed by atoms with Crippen LogP contribution in [0.2, 0.25) is 0 Å². The molecule has 80 valence electrons. The highest BCUT2D eigenvalue weighted by molar-refractivity contribution is 9.10. The zero-order chi connectivity index (χ0) is 10.8. The molecule has 1 aromatic rings. The molecule has 1 aromatic carbocycles. The van der Waals surface area contributed by atoms with Crippen molar-refractivity contribution in [3.05, 3.63) is 28.5 Å². The molecule has 0 saturated carbocycles. The van der Waals surface area contributed by atoms with Crippen LogP contribution in [0.1, 0.15) is 19.3 Å². The topological polar surface area (TPSA) is 27.1 Å². The SMILES string of the molecule is N=C1CCCCN1c1cc(F)ccc1Br. The van der Waals surface area contributed by atoms with Gasteiger partial charge >= 0.3 is 0 Å². The molecule has 4 heteroatoms. The summed E-state index contributed by atoms with van der Waals surface area (Å²) in [7, 11) is 0. The summed E-state index contributed by atoms with van der Waals surface area (Å²) in [4.78, 5) is 1.87. The van der Waals surface area contributed by atoms with Crippen LogP contribution >= 0.6 is 15.9 Å². The molecule has 0 unspecified atom stereocenters. The summed E-state index contributed by atoms with van der Waals surface area (Å²) in [5.74, 6) is 0.319. The molecule has 0 spiro atoms. The van der Waals surface area contributed by atoms with Crippen LogP contribution in [0.15, 0.2) is 22.7 Å². The van der Waals surface area contributed by atoms with Gasteiger partial charge in [-0.1, -0.05) is 0 Å². The van der Waals surface area contributed by atoms with E-state index in [1.54, 1.807) is 6.07 Å². The minimum absolute atomic E-state index is 0.258. The monoisotopic (exact) mass is 270 g/mol. The van der Waals surface area contributed by atoms with Crippen molar-refractivity contribution in [3.8, 4) is 0 Å². The van der Waals surface area contributed by atoms with Crippen LogP contribution in [-0.2, 0) is 0 Å². The first kappa shape index (κ1) is 10.6. The van der Waals surface area contributed by atoms with Crippen molar-refractivity contribution in [1.29, 1.82) is 5.41 Å². The summed E-state index contributed by atoms with van der Waals surface area (Å²) in [5.41, 5.74) is 0.764. The van der Waals surface area contributed by atoms with E-state index < -0.39 is 0 Å². The molecule has 0 amide bonds. The van der Waals surface area contributed by atoms with Crippen molar-refractivity contribution in [2.24, 2.45) is 0 Å². The Hall–Kier alpha value is -0.900. The standard InChI is InChI=1S/C11H12BrFN2/c12-9-5-4-8(13)7-10(9)15-6-2-1-3-11(15)14/h4-5,7,14H,1-3,6H2. The molecule has 0 radical (unpaired) electrons. The number of amidine groups is 1. The Labute approximate surface area is 96.7 Å². The third-order valence-electron chi connectivity index (χ3n) is 2.57. The van der Waals surface area contributed by atoms with Crippen LogP contribution in [0.25, 0.3) is 0 Å². The molecule has 1 aliphatic rings. The average molecular weight is 271 g/mol. The summed E-state index contributed by atoms with van der Waals surface area (Å²) >= 11 is 3.39. The molecule has 2 nitrogen and oxygen atoms in total. The molecule has 0 atom stereocenters. The Morgan fingerprint density at radius 3 is 2.87 bits per heavy atom. The van der Waals surface area contributed by atoms with Crippen LogP contribution in [-0.4, -0.2) is 12.4 Å². The largest absolute Gasteiger partial charge is 0.329 e. The zero-order valence-electron chi connectivity index (χ0n) is 8.26. The van der Waals surface area contributed by atoms with E-state index in [-0.39, 0.29) is 5.82 Å². The summed E-state index contributed by atoms with van der Waals surface area (Å²) < 4.78 is 14.0. The number of nitrogens with zero attached hydrogens (tertiary/aromatic N) is 1. The molecule has 0 aromatic heterocycles. The van der Waals surface area contributed by atoms with Crippen LogP contribution in [0, 0.1) is 11.2 Å². The van der Waals surface area contributed by atoms with Crippen LogP contribution < -0.4 is 4.90 Å². The zero-order valence-corrected chi connectivity index (χ0v) is 9.85. The minimum atomic E-state index is -0.258. The Kier molecular flexibility index (Phi) is 3.05. The third-order valence-corrected chi connectivity index (χ3v) is 3.24. The van der Waals surface area contributed by atoms with E-state index in [0.29, 0.717) is 5.84 Å². The molecular formula is C11H12BrFN2. The van der Waals surface area contributed by atoms with E-state index in [0.717, 1.165) is 36.0 Å². The van der Waals surface area contributed by atoms with Crippen LogP contribution in [0.4, 0.5) is 10.1 Å². The fraction of sp³-hybridized carbons (Fsp3) is 0.364. The van der Waals surface area contributed by atoms with Gasteiger partial charge in [0.05, 0.1) is 5.69 Å². The van der Waals surface area contributed by atoms with Crippen molar-refractivity contribution in [1.82, 2.24) is 0 Å². The van der Waals surface area contributed by atoms with E-state index >= 15 is 0 Å². The smallest absolute Gasteiger partial charge is 0.125 e. The fourth-order valence-electron chi connectivity index (χ4n) is 1.79. The van der Waals surface area contributed by atoms with E-state index in [1.807, 2.05) is 4.90 Å². The molecule has 2 rings (SSSR count). The van der Waals surface area contributed by atoms with Gasteiger partial charge in [-0.3, -0.25) is 5.41 Å². The quantitative estimate of drug-likeness (QED) is 0.830. The maximum Gasteiger partial charge on any atom is 0.125 e. The predicted octanol–water partition coefficient (Wildman–Crippen LogP) is 3.56. The van der Waals surface area contributed by atoms with Gasteiger partial charge in [0, 0.05) is 17.4 Å². The summed E-state index contributed by atoms with van der Waals surface area (Å²) in [5, 5.41) is 7.83. The molecular weight excluding hydrogens is 259 g/mol. The van der Waals surface area contributed by atoms with Gasteiger partial charge in [0.25, 0.3) is 0 Å². The van der Waals surface area contributed by atoms with E-state index in [4.69, 9.17) is 5.41 Å². The highest BCUT2D eigenvalue weighted by atomic mass is 79.9. The lowest BCUT2D eigenvalue weighted by atomic mass is 10.1. The first-order valence-electron chi connectivity index (χ1n) is 4.98. The number of hydrogen-bond acceptors (Lipinski definition) is 1. The van der Waals surface area contributed by atoms with Crippen molar-refractivity contribution < 1.29 is 4.39 Å². The molecule has 0 aliphatic carbocycles. The van der Waals surface area contributed by atoms with E-state index in [9.17, 15) is 4.39 Å². The maximum absolute atomic E-state index is 13.1. The molecule has 1 heterocycles. The third kappa shape index (κ3) is 2.20. The van der Waals surface area contributed by atoms with Crippen molar-refractivity contribution in [2.45, 2.75) is 19.3 Å². The van der Waals surface area contributed by atoms with Gasteiger partial charge in [-0.25, -0.2) is 4.39 Å². The lowest BCUT2D eigenvalue weighted by Crippen LogP contribution is -2.35. The second-order valence-electron chi connectivity index (χ2n) is 3.65. The second kappa shape index (κ2) is 4.31. The Morgan fingerprint density at radius 1 is 1.33 bits per heavy atom. The summed E-state index contributed by atoms with van der Waals surface area (Å²) in [6, 6.07) is 4.58. The summed E-state index contributed by atoms with van der Waals surface area (Å²) in [6.45, 7) is 0.806. The fourth-order valence-corrected chi connectivity index (χ4v) is 2.25. The van der Waals surface area contributed by atoms with Crippen molar-refractivity contribution in [3.63, 3.8) is 0 Å². The highest BCUT2D eigenvalue weighted by Crippen LogP contribution is 2.29. The van der Waals surface area contributed by atoms with Crippen LogP contribution in [0.5, 0.6) is 0 Å².